The molecule has 10 nitrogen and oxygen atoms in total. The van der Waals surface area contributed by atoms with Crippen molar-refractivity contribution >= 4 is 58.8 Å². The van der Waals surface area contributed by atoms with Crippen LogP contribution < -0.4 is 10.6 Å². The number of rotatable bonds is 12. The van der Waals surface area contributed by atoms with Gasteiger partial charge in [0.25, 0.3) is 11.8 Å². The highest BCUT2D eigenvalue weighted by molar-refractivity contribution is 6.13. The third kappa shape index (κ3) is 8.58. The Hall–Kier alpha value is -7.20. The highest BCUT2D eigenvalue weighted by Crippen LogP contribution is 2.18. The minimum absolute atomic E-state index is 0.00279. The van der Waals surface area contributed by atoms with Crippen LogP contribution in [0.15, 0.2) is 133 Å². The van der Waals surface area contributed by atoms with Gasteiger partial charge in [-0.2, -0.15) is 0 Å². The highest BCUT2D eigenvalue weighted by atomic mass is 16.4. The summed E-state index contributed by atoms with van der Waals surface area (Å²) in [5, 5.41) is 24.0. The van der Waals surface area contributed by atoms with Crippen molar-refractivity contribution in [3.8, 4) is 0 Å². The zero-order valence-corrected chi connectivity index (χ0v) is 26.2. The van der Waals surface area contributed by atoms with Crippen LogP contribution in [0.1, 0.15) is 73.3 Å². The molecule has 0 saturated heterocycles. The molecule has 0 saturated carbocycles. The first kappa shape index (κ1) is 34.1. The number of amides is 2. The van der Waals surface area contributed by atoms with Crippen LogP contribution in [0.3, 0.4) is 0 Å². The number of carboxylic acids is 2. The van der Waals surface area contributed by atoms with Crippen LogP contribution in [0.2, 0.25) is 0 Å². The topological polar surface area (TPSA) is 167 Å². The normalized spacial score (nSPS) is 10.9. The van der Waals surface area contributed by atoms with Gasteiger partial charge in [0.15, 0.2) is 11.6 Å². The molecule has 0 fully saturated rings. The maximum atomic E-state index is 12.9. The summed E-state index contributed by atoms with van der Waals surface area (Å²) in [5.74, 6) is -4.30. The van der Waals surface area contributed by atoms with Gasteiger partial charge in [-0.1, -0.05) is 84.9 Å². The number of aromatic carboxylic acids is 2. The number of hydrogen-bond acceptors (Lipinski definition) is 6. The summed E-state index contributed by atoms with van der Waals surface area (Å²) >= 11 is 0. The second kappa shape index (κ2) is 15.6. The lowest BCUT2D eigenvalue weighted by Crippen LogP contribution is -2.16. The third-order valence-electron chi connectivity index (χ3n) is 7.40. The summed E-state index contributed by atoms with van der Waals surface area (Å²) < 4.78 is 0. The highest BCUT2D eigenvalue weighted by Gasteiger charge is 2.17. The molecule has 0 radical (unpaired) electrons. The Kier molecular flexibility index (Phi) is 10.6. The lowest BCUT2D eigenvalue weighted by Gasteiger charge is -2.08. The minimum atomic E-state index is -1.22. The number of hydrogen-bond donors (Lipinski definition) is 4. The Labute approximate surface area is 286 Å². The van der Waals surface area contributed by atoms with Crippen LogP contribution in [0, 0.1) is 0 Å². The van der Waals surface area contributed by atoms with Crippen LogP contribution in [0.4, 0.5) is 11.4 Å². The predicted molar refractivity (Wildman–Crippen MR) is 189 cm³/mol. The van der Waals surface area contributed by atoms with E-state index in [2.05, 4.69) is 10.6 Å². The van der Waals surface area contributed by atoms with Crippen LogP contribution in [-0.4, -0.2) is 45.5 Å². The molecule has 0 aliphatic carbocycles. The first-order chi connectivity index (χ1) is 24.1. The largest absolute Gasteiger partial charge is 0.478 e. The lowest BCUT2D eigenvalue weighted by molar-refractivity contribution is 0.0683. The smallest absolute Gasteiger partial charge is 0.336 e. The van der Waals surface area contributed by atoms with Crippen molar-refractivity contribution in [1.29, 1.82) is 0 Å². The molecule has 246 valence electrons. The molecule has 5 rings (SSSR count). The van der Waals surface area contributed by atoms with E-state index in [9.17, 15) is 39.0 Å². The third-order valence-corrected chi connectivity index (χ3v) is 7.40. The number of anilines is 2. The van der Waals surface area contributed by atoms with Crippen molar-refractivity contribution < 1.29 is 39.0 Å². The fraction of sp³-hybridized carbons (Fsp3) is 0. The van der Waals surface area contributed by atoms with Crippen LogP contribution in [0.5, 0.6) is 0 Å². The number of carbonyl (C=O) groups excluding carboxylic acids is 4. The molecule has 0 atom stereocenters. The Morgan fingerprint density at radius 2 is 0.800 bits per heavy atom. The molecule has 50 heavy (non-hydrogen) atoms. The summed E-state index contributed by atoms with van der Waals surface area (Å²) in [4.78, 5) is 74.1. The molecular formula is C40H28N2O8. The molecule has 0 unspecified atom stereocenters. The van der Waals surface area contributed by atoms with Gasteiger partial charge in [-0.15, -0.1) is 0 Å². The van der Waals surface area contributed by atoms with Gasteiger partial charge in [0.1, 0.15) is 0 Å². The van der Waals surface area contributed by atoms with Gasteiger partial charge >= 0.3 is 11.9 Å². The summed E-state index contributed by atoms with van der Waals surface area (Å²) in [7, 11) is 0. The first-order valence-electron chi connectivity index (χ1n) is 15.1. The van der Waals surface area contributed by atoms with Gasteiger partial charge in [-0.3, -0.25) is 19.2 Å². The fourth-order valence-electron chi connectivity index (χ4n) is 4.89. The number of carboxylic acid groups (broad SMARTS) is 2. The van der Waals surface area contributed by atoms with Crippen molar-refractivity contribution in [1.82, 2.24) is 0 Å². The average Bonchev–Trinajstić information content (AvgIpc) is 3.13. The zero-order valence-electron chi connectivity index (χ0n) is 26.2. The van der Waals surface area contributed by atoms with Crippen LogP contribution in [0.25, 0.3) is 12.2 Å². The number of benzene rings is 5. The molecular weight excluding hydrogens is 636 g/mol. The standard InChI is InChI=1S/C40H28N2O8/c43-35(27-7-5-9-29(23-27)41-37(45)31-11-1-3-13-33(31)39(47)48)21-19-25-15-17-26(18-16-25)20-22-36(44)28-8-6-10-30(24-28)42-38(46)32-12-2-4-14-34(32)40(49)50/h1-24H,(H,41,45)(H,42,46)(H,47,48)(H,49,50)/b21-19+,22-20+. The van der Waals surface area contributed by atoms with Crippen LogP contribution in [-0.2, 0) is 0 Å². The van der Waals surface area contributed by atoms with E-state index in [1.165, 1.54) is 60.7 Å². The number of nitrogens with one attached hydrogen (secondary N) is 2. The van der Waals surface area contributed by atoms with Crippen molar-refractivity contribution in [2.24, 2.45) is 0 Å². The molecule has 0 bridgehead atoms. The van der Waals surface area contributed by atoms with E-state index in [1.54, 1.807) is 84.9 Å². The van der Waals surface area contributed by atoms with Crippen molar-refractivity contribution in [3.63, 3.8) is 0 Å². The molecule has 0 aromatic heterocycles. The van der Waals surface area contributed by atoms with E-state index in [0.29, 0.717) is 22.5 Å². The van der Waals surface area contributed by atoms with Crippen LogP contribution >= 0.6 is 0 Å². The molecule has 2 amide bonds. The minimum Gasteiger partial charge on any atom is -0.478 e. The Morgan fingerprint density at radius 1 is 0.440 bits per heavy atom. The summed E-state index contributed by atoms with van der Waals surface area (Å²) in [6, 6.07) is 31.4. The lowest BCUT2D eigenvalue weighted by atomic mass is 10.1. The summed E-state index contributed by atoms with van der Waals surface area (Å²) in [6.45, 7) is 0. The number of allylic oxidation sites excluding steroid dienone is 2. The summed E-state index contributed by atoms with van der Waals surface area (Å²) in [5.41, 5.74) is 2.48. The first-order valence-corrected chi connectivity index (χ1v) is 15.1. The molecule has 0 aliphatic heterocycles. The Balaban J connectivity index is 1.18. The van der Waals surface area contributed by atoms with E-state index in [1.807, 2.05) is 0 Å². The molecule has 5 aromatic rings. The monoisotopic (exact) mass is 664 g/mol. The zero-order chi connectivity index (χ0) is 35.6. The van der Waals surface area contributed by atoms with E-state index in [0.717, 1.165) is 11.1 Å². The second-order valence-corrected chi connectivity index (χ2v) is 10.8. The Morgan fingerprint density at radius 3 is 1.16 bits per heavy atom. The van der Waals surface area contributed by atoms with Gasteiger partial charge in [0.05, 0.1) is 22.3 Å². The Bertz CT molecular complexity index is 2040. The number of ketones is 2. The van der Waals surface area contributed by atoms with Gasteiger partial charge in [-0.05, 0) is 71.8 Å². The predicted octanol–water partition coefficient (Wildman–Crippen LogP) is 7.38. The van der Waals surface area contributed by atoms with E-state index < -0.39 is 23.8 Å². The molecule has 0 heterocycles. The molecule has 0 spiro atoms. The molecule has 0 aliphatic rings. The van der Waals surface area contributed by atoms with E-state index >= 15 is 0 Å². The van der Waals surface area contributed by atoms with Crippen molar-refractivity contribution in [2.75, 3.05) is 10.6 Å². The van der Waals surface area contributed by atoms with Gasteiger partial charge < -0.3 is 20.8 Å². The summed E-state index contributed by atoms with van der Waals surface area (Å²) in [6.07, 6.45) is 6.04. The molecule has 5 aromatic carbocycles. The van der Waals surface area contributed by atoms with Gasteiger partial charge in [0.2, 0.25) is 0 Å². The van der Waals surface area contributed by atoms with Crippen molar-refractivity contribution in [2.45, 2.75) is 0 Å². The fourth-order valence-corrected chi connectivity index (χ4v) is 4.89. The van der Waals surface area contributed by atoms with Gasteiger partial charge in [-0.25, -0.2) is 9.59 Å². The quantitative estimate of drug-likeness (QED) is 0.0792. The van der Waals surface area contributed by atoms with Crippen molar-refractivity contribution in [3.05, 3.63) is 178 Å². The maximum absolute atomic E-state index is 12.9. The second-order valence-electron chi connectivity index (χ2n) is 10.8. The maximum Gasteiger partial charge on any atom is 0.336 e. The molecule has 4 N–H and O–H groups in total. The van der Waals surface area contributed by atoms with E-state index in [4.69, 9.17) is 0 Å². The molecule has 10 heteroatoms. The van der Waals surface area contributed by atoms with E-state index in [-0.39, 0.29) is 33.8 Å². The van der Waals surface area contributed by atoms with Gasteiger partial charge in [0, 0.05) is 22.5 Å². The SMILES string of the molecule is O=C(/C=C/c1ccc(/C=C/C(=O)c2cccc(NC(=O)c3ccccc3C(=O)O)c2)cc1)c1cccc(NC(=O)c2ccccc2C(=O)O)c1. The number of carbonyl (C=O) groups is 6. The average molecular weight is 665 g/mol.